The van der Waals surface area contributed by atoms with E-state index in [9.17, 15) is 4.79 Å². The summed E-state index contributed by atoms with van der Waals surface area (Å²) in [4.78, 5) is 11.8. The summed E-state index contributed by atoms with van der Waals surface area (Å²) >= 11 is 6.73. The fourth-order valence-corrected chi connectivity index (χ4v) is 2.63. The van der Waals surface area contributed by atoms with E-state index < -0.39 is 5.60 Å². The summed E-state index contributed by atoms with van der Waals surface area (Å²) in [7, 11) is 0. The molecule has 2 N–H and O–H groups in total. The van der Waals surface area contributed by atoms with Crippen molar-refractivity contribution in [2.24, 2.45) is 0 Å². The van der Waals surface area contributed by atoms with E-state index in [0.717, 1.165) is 29.5 Å². The van der Waals surface area contributed by atoms with E-state index in [0.29, 0.717) is 17.8 Å². The maximum atomic E-state index is 11.8. The van der Waals surface area contributed by atoms with Crippen LogP contribution in [0.4, 0.5) is 4.79 Å². The molecule has 1 heterocycles. The van der Waals surface area contributed by atoms with E-state index in [2.05, 4.69) is 49.4 Å². The van der Waals surface area contributed by atoms with Crippen molar-refractivity contribution in [2.45, 2.75) is 65.1 Å². The number of rotatable bonds is 8. The maximum absolute atomic E-state index is 11.8. The van der Waals surface area contributed by atoms with E-state index in [4.69, 9.17) is 9.15 Å². The second-order valence-electron chi connectivity index (χ2n) is 6.44. The topological polar surface area (TPSA) is 63.5 Å². The largest absolute Gasteiger partial charge is 0.452 e. The highest BCUT2D eigenvalue weighted by Gasteiger charge is 2.17. The molecule has 0 aromatic carbocycles. The van der Waals surface area contributed by atoms with Crippen molar-refractivity contribution < 1.29 is 13.9 Å². The van der Waals surface area contributed by atoms with Gasteiger partial charge >= 0.3 is 6.09 Å². The third-order valence-electron chi connectivity index (χ3n) is 3.06. The molecule has 0 aliphatic heterocycles. The van der Waals surface area contributed by atoms with Gasteiger partial charge in [-0.3, -0.25) is 0 Å². The molecule has 0 spiro atoms. The van der Waals surface area contributed by atoms with Crippen LogP contribution in [0.1, 0.15) is 52.7 Å². The summed E-state index contributed by atoms with van der Waals surface area (Å²) in [5.74, 6) is 0.836. The van der Waals surface area contributed by atoms with Gasteiger partial charge in [-0.1, -0.05) is 19.8 Å². The molecule has 0 saturated carbocycles. The van der Waals surface area contributed by atoms with Gasteiger partial charge in [0, 0.05) is 12.6 Å². The Morgan fingerprint density at radius 1 is 1.39 bits per heavy atom. The Balaban J connectivity index is 2.46. The van der Waals surface area contributed by atoms with Crippen LogP contribution >= 0.6 is 31.9 Å². The number of ether oxygens (including phenoxy) is 1. The predicted molar refractivity (Wildman–Crippen MR) is 98.5 cm³/mol. The molecule has 0 saturated heterocycles. The first kappa shape index (κ1) is 20.5. The number of carbonyl (C=O) groups excluding carboxylic acids is 1. The van der Waals surface area contributed by atoms with Gasteiger partial charge in [-0.15, -0.1) is 0 Å². The van der Waals surface area contributed by atoms with Gasteiger partial charge in [-0.25, -0.2) is 4.79 Å². The molecular formula is C16H26Br2N2O3. The average molecular weight is 454 g/mol. The van der Waals surface area contributed by atoms with E-state index in [-0.39, 0.29) is 12.1 Å². The molecule has 1 rings (SSSR count). The monoisotopic (exact) mass is 452 g/mol. The van der Waals surface area contributed by atoms with Crippen LogP contribution in [-0.2, 0) is 11.3 Å². The molecule has 1 amide bonds. The number of carbonyl (C=O) groups is 1. The Morgan fingerprint density at radius 3 is 2.61 bits per heavy atom. The van der Waals surface area contributed by atoms with Gasteiger partial charge in [0.1, 0.15) is 11.4 Å². The van der Waals surface area contributed by atoms with Crippen molar-refractivity contribution >= 4 is 38.0 Å². The van der Waals surface area contributed by atoms with Crippen LogP contribution in [0.3, 0.4) is 0 Å². The summed E-state index contributed by atoms with van der Waals surface area (Å²) < 4.78 is 12.4. The minimum Gasteiger partial charge on any atom is -0.452 e. The van der Waals surface area contributed by atoms with Crippen molar-refractivity contribution in [3.8, 4) is 0 Å². The van der Waals surface area contributed by atoms with Gasteiger partial charge < -0.3 is 19.8 Å². The van der Waals surface area contributed by atoms with Crippen LogP contribution in [0.25, 0.3) is 0 Å². The van der Waals surface area contributed by atoms with Crippen molar-refractivity contribution in [2.75, 3.05) is 6.54 Å². The van der Waals surface area contributed by atoms with Crippen molar-refractivity contribution in [3.05, 3.63) is 21.0 Å². The molecule has 1 aromatic rings. The quantitative estimate of drug-likeness (QED) is 0.582. The van der Waals surface area contributed by atoms with E-state index in [1.54, 1.807) is 0 Å². The number of unbranched alkanes of at least 4 members (excludes halogenated alkanes) is 1. The molecule has 0 radical (unpaired) electrons. The number of alkyl carbamates (subject to hydrolysis) is 1. The highest BCUT2D eigenvalue weighted by Crippen LogP contribution is 2.26. The normalized spacial score (nSPS) is 13.0. The summed E-state index contributed by atoms with van der Waals surface area (Å²) in [6, 6.07) is 2.10. The predicted octanol–water partition coefficient (Wildman–Crippen LogP) is 4.98. The van der Waals surface area contributed by atoms with Crippen molar-refractivity contribution in [3.63, 3.8) is 0 Å². The number of furan rings is 1. The molecule has 0 aliphatic carbocycles. The molecular weight excluding hydrogens is 428 g/mol. The molecule has 1 atom stereocenters. The van der Waals surface area contributed by atoms with Crippen LogP contribution in [0.5, 0.6) is 0 Å². The molecule has 7 heteroatoms. The first-order chi connectivity index (χ1) is 10.7. The van der Waals surface area contributed by atoms with Gasteiger partial charge in [0.25, 0.3) is 0 Å². The Hall–Kier alpha value is -0.530. The summed E-state index contributed by atoms with van der Waals surface area (Å²) in [5, 5.41) is 6.25. The fourth-order valence-electron chi connectivity index (χ4n) is 1.97. The first-order valence-corrected chi connectivity index (χ1v) is 9.43. The van der Waals surface area contributed by atoms with E-state index in [1.807, 2.05) is 26.8 Å². The van der Waals surface area contributed by atoms with Gasteiger partial charge in [0.15, 0.2) is 4.67 Å². The lowest BCUT2D eigenvalue weighted by atomic mass is 10.1. The van der Waals surface area contributed by atoms with E-state index >= 15 is 0 Å². The smallest absolute Gasteiger partial charge is 0.407 e. The van der Waals surface area contributed by atoms with Gasteiger partial charge in [-0.2, -0.15) is 0 Å². The molecule has 132 valence electrons. The van der Waals surface area contributed by atoms with Crippen LogP contribution in [-0.4, -0.2) is 24.3 Å². The lowest BCUT2D eigenvalue weighted by molar-refractivity contribution is 0.0521. The number of hydrogen-bond donors (Lipinski definition) is 2. The minimum atomic E-state index is -0.483. The summed E-state index contributed by atoms with van der Waals surface area (Å²) in [6.45, 7) is 8.84. The standard InChI is InChI=1S/C16H26Br2N2O3/c1-5-6-7-11(9-20-15(21)23-16(2,3)4)19-10-12-8-13(17)14(18)22-12/h8,11,19H,5-7,9-10H2,1-4H3,(H,20,21). The highest BCUT2D eigenvalue weighted by atomic mass is 79.9. The molecule has 0 fully saturated rings. The number of amides is 1. The third kappa shape index (κ3) is 8.77. The zero-order chi connectivity index (χ0) is 17.5. The molecule has 1 aromatic heterocycles. The maximum Gasteiger partial charge on any atom is 0.407 e. The Morgan fingerprint density at radius 2 is 2.09 bits per heavy atom. The molecule has 5 nitrogen and oxygen atoms in total. The Bertz CT molecular complexity index is 479. The summed E-state index contributed by atoms with van der Waals surface area (Å²) in [6.07, 6.45) is 2.81. The van der Waals surface area contributed by atoms with Crippen LogP contribution in [0, 0.1) is 0 Å². The fraction of sp³-hybridized carbons (Fsp3) is 0.688. The lowest BCUT2D eigenvalue weighted by Gasteiger charge is -2.22. The second-order valence-corrected chi connectivity index (χ2v) is 8.01. The second kappa shape index (κ2) is 9.69. The number of nitrogens with one attached hydrogen (secondary N) is 2. The Kier molecular flexibility index (Phi) is 8.64. The molecule has 0 aliphatic rings. The SMILES string of the molecule is CCCCC(CNC(=O)OC(C)(C)C)NCc1cc(Br)c(Br)o1. The van der Waals surface area contributed by atoms with Crippen LogP contribution in [0.15, 0.2) is 19.6 Å². The van der Waals surface area contributed by atoms with Gasteiger partial charge in [0.05, 0.1) is 11.0 Å². The van der Waals surface area contributed by atoms with E-state index in [1.165, 1.54) is 0 Å². The summed E-state index contributed by atoms with van der Waals surface area (Å²) in [5.41, 5.74) is -0.483. The average Bonchev–Trinajstić information content (AvgIpc) is 2.75. The molecule has 0 bridgehead atoms. The minimum absolute atomic E-state index is 0.171. The number of hydrogen-bond acceptors (Lipinski definition) is 4. The lowest BCUT2D eigenvalue weighted by Crippen LogP contribution is -2.42. The number of halogens is 2. The first-order valence-electron chi connectivity index (χ1n) is 7.85. The van der Waals surface area contributed by atoms with Gasteiger partial charge in [0.2, 0.25) is 0 Å². The van der Waals surface area contributed by atoms with Gasteiger partial charge in [-0.05, 0) is 65.1 Å². The Labute approximate surface area is 155 Å². The highest BCUT2D eigenvalue weighted by molar-refractivity contribution is 9.13. The zero-order valence-corrected chi connectivity index (χ0v) is 17.3. The van der Waals surface area contributed by atoms with Crippen molar-refractivity contribution in [1.82, 2.24) is 10.6 Å². The van der Waals surface area contributed by atoms with Crippen molar-refractivity contribution in [1.29, 1.82) is 0 Å². The third-order valence-corrected chi connectivity index (χ3v) is 4.77. The molecule has 23 heavy (non-hydrogen) atoms. The molecule has 1 unspecified atom stereocenters. The zero-order valence-electron chi connectivity index (χ0n) is 14.2. The van der Waals surface area contributed by atoms with Crippen LogP contribution < -0.4 is 10.6 Å². The van der Waals surface area contributed by atoms with Crippen LogP contribution in [0.2, 0.25) is 0 Å².